The molecule has 10 heteroatoms. The van der Waals surface area contributed by atoms with Crippen LogP contribution < -0.4 is 5.32 Å². The van der Waals surface area contributed by atoms with Gasteiger partial charge in [0.25, 0.3) is 0 Å². The van der Waals surface area contributed by atoms with Crippen LogP contribution in [0.15, 0.2) is 42.7 Å². The van der Waals surface area contributed by atoms with Crippen LogP contribution in [-0.2, 0) is 22.9 Å². The molecule has 0 unspecified atom stereocenters. The molecule has 178 valence electrons. The number of hydrogen-bond acceptors (Lipinski definition) is 3. The molecule has 0 spiro atoms. The number of aryl methyl sites for hydroxylation is 2. The van der Waals surface area contributed by atoms with Crippen LogP contribution in [0.25, 0.3) is 11.1 Å². The maximum Gasteiger partial charge on any atom is 0.416 e. The lowest BCUT2D eigenvalue weighted by Crippen LogP contribution is -2.29. The predicted octanol–water partition coefficient (Wildman–Crippen LogP) is 5.40. The van der Waals surface area contributed by atoms with Gasteiger partial charge in [-0.15, -0.1) is 0 Å². The van der Waals surface area contributed by atoms with Crippen molar-refractivity contribution in [1.82, 2.24) is 9.78 Å². The minimum atomic E-state index is -4.70. The number of nitrogens with one attached hydrogen (secondary N) is 1. The first-order chi connectivity index (χ1) is 16.0. The lowest BCUT2D eigenvalue weighted by atomic mass is 9.92. The number of anilines is 1. The number of benzene rings is 2. The van der Waals surface area contributed by atoms with Gasteiger partial charge in [-0.2, -0.15) is 18.3 Å². The van der Waals surface area contributed by atoms with Crippen LogP contribution in [0.5, 0.6) is 0 Å². The van der Waals surface area contributed by atoms with Crippen molar-refractivity contribution in [2.45, 2.75) is 44.8 Å². The number of aromatic nitrogens is 2. The maximum atomic E-state index is 14.6. The Hall–Kier alpha value is -3.69. The number of carbonyl (C=O) groups is 2. The van der Waals surface area contributed by atoms with Crippen LogP contribution in [0.1, 0.15) is 46.8 Å². The molecular weight excluding hydrogens is 454 g/mol. The molecular formula is C24H21F4N3O3. The summed E-state index contributed by atoms with van der Waals surface area (Å²) in [6.07, 6.45) is -0.887. The molecule has 0 bridgehead atoms. The Morgan fingerprint density at radius 1 is 1.21 bits per heavy atom. The van der Waals surface area contributed by atoms with Gasteiger partial charge in [-0.05, 0) is 56.5 Å². The zero-order valence-corrected chi connectivity index (χ0v) is 18.3. The zero-order valence-electron chi connectivity index (χ0n) is 18.3. The predicted molar refractivity (Wildman–Crippen MR) is 116 cm³/mol. The van der Waals surface area contributed by atoms with Gasteiger partial charge in [0.15, 0.2) is 0 Å². The van der Waals surface area contributed by atoms with Crippen molar-refractivity contribution in [3.8, 4) is 11.1 Å². The molecule has 0 atom stereocenters. The van der Waals surface area contributed by atoms with Gasteiger partial charge in [0.1, 0.15) is 5.82 Å². The summed E-state index contributed by atoms with van der Waals surface area (Å²) in [5.41, 5.74) is -0.740. The molecule has 3 aromatic rings. The molecule has 6 nitrogen and oxygen atoms in total. The van der Waals surface area contributed by atoms with Gasteiger partial charge in [0.2, 0.25) is 5.91 Å². The Kier molecular flexibility index (Phi) is 5.71. The number of rotatable bonds is 6. The standard InChI is InChI=1S/C24H21F4N3O3/c1-3-31-12-14(11-29-31)20-13(2)8-16(10-17(20)21(32)33)30-22(34)23(6-7-23)18-5-4-15(9-19(18)25)24(26,27)28/h4-5,8-12H,3,6-7H2,1-2H3,(H,30,34)(H,32,33). The molecule has 1 aliphatic rings. The highest BCUT2D eigenvalue weighted by atomic mass is 19.4. The van der Waals surface area contributed by atoms with E-state index >= 15 is 0 Å². The van der Waals surface area contributed by atoms with Gasteiger partial charge in [-0.25, -0.2) is 9.18 Å². The van der Waals surface area contributed by atoms with Crippen LogP contribution in [0.2, 0.25) is 0 Å². The van der Waals surface area contributed by atoms with E-state index in [9.17, 15) is 32.3 Å². The first kappa shape index (κ1) is 23.5. The number of alkyl halides is 3. The molecule has 2 N–H and O–H groups in total. The molecule has 1 heterocycles. The highest BCUT2D eigenvalue weighted by Crippen LogP contribution is 2.50. The Balaban J connectivity index is 1.65. The minimum absolute atomic E-state index is 0.0449. The molecule has 0 saturated heterocycles. The fourth-order valence-electron chi connectivity index (χ4n) is 4.15. The van der Waals surface area contributed by atoms with Crippen LogP contribution in [-0.4, -0.2) is 26.8 Å². The third kappa shape index (κ3) is 4.15. The van der Waals surface area contributed by atoms with E-state index in [0.29, 0.717) is 29.3 Å². The lowest BCUT2D eigenvalue weighted by Gasteiger charge is -2.19. The van der Waals surface area contributed by atoms with Crippen molar-refractivity contribution in [2.75, 3.05) is 5.32 Å². The van der Waals surface area contributed by atoms with Gasteiger partial charge >= 0.3 is 12.1 Å². The molecule has 2 aromatic carbocycles. The molecule has 4 rings (SSSR count). The fourth-order valence-corrected chi connectivity index (χ4v) is 4.15. The van der Waals surface area contributed by atoms with Gasteiger partial charge in [-0.3, -0.25) is 9.48 Å². The number of halogens is 4. The Labute approximate surface area is 192 Å². The van der Waals surface area contributed by atoms with Crippen molar-refractivity contribution < 1.29 is 32.3 Å². The van der Waals surface area contributed by atoms with Crippen LogP contribution >= 0.6 is 0 Å². The first-order valence-electron chi connectivity index (χ1n) is 10.6. The summed E-state index contributed by atoms with van der Waals surface area (Å²) in [4.78, 5) is 25.0. The average molecular weight is 475 g/mol. The van der Waals surface area contributed by atoms with Crippen LogP contribution in [0, 0.1) is 12.7 Å². The van der Waals surface area contributed by atoms with E-state index in [-0.39, 0.29) is 29.7 Å². The van der Waals surface area contributed by atoms with E-state index in [1.54, 1.807) is 30.1 Å². The second-order valence-corrected chi connectivity index (χ2v) is 8.33. The average Bonchev–Trinajstić information content (AvgIpc) is 3.43. The monoisotopic (exact) mass is 475 g/mol. The summed E-state index contributed by atoms with van der Waals surface area (Å²) >= 11 is 0. The molecule has 1 saturated carbocycles. The summed E-state index contributed by atoms with van der Waals surface area (Å²) in [5.74, 6) is -2.91. The van der Waals surface area contributed by atoms with Crippen molar-refractivity contribution in [3.05, 3.63) is 70.8 Å². The van der Waals surface area contributed by atoms with Crippen LogP contribution in [0.4, 0.5) is 23.2 Å². The Morgan fingerprint density at radius 3 is 2.44 bits per heavy atom. The van der Waals surface area contributed by atoms with E-state index in [0.717, 1.165) is 12.1 Å². The summed E-state index contributed by atoms with van der Waals surface area (Å²) in [6.45, 7) is 4.20. The Morgan fingerprint density at radius 2 is 1.91 bits per heavy atom. The third-order valence-corrected chi connectivity index (χ3v) is 6.07. The minimum Gasteiger partial charge on any atom is -0.478 e. The van der Waals surface area contributed by atoms with E-state index < -0.39 is 34.8 Å². The number of carboxylic acids is 1. The summed E-state index contributed by atoms with van der Waals surface area (Å²) in [5, 5.41) is 16.6. The number of hydrogen-bond donors (Lipinski definition) is 2. The number of carbonyl (C=O) groups excluding carboxylic acids is 1. The summed E-state index contributed by atoms with van der Waals surface area (Å²) in [7, 11) is 0. The number of carboxylic acid groups (broad SMARTS) is 1. The van der Waals surface area contributed by atoms with Gasteiger partial charge in [0.05, 0.1) is 22.7 Å². The highest BCUT2D eigenvalue weighted by Gasteiger charge is 2.53. The molecule has 0 radical (unpaired) electrons. The van der Waals surface area contributed by atoms with Gasteiger partial charge in [0, 0.05) is 35.1 Å². The SMILES string of the molecule is CCn1cc(-c2c(C)cc(NC(=O)C3(c4ccc(C(F)(F)F)cc4F)CC3)cc2C(=O)O)cn1. The summed E-state index contributed by atoms with van der Waals surface area (Å²) in [6, 6.07) is 5.05. The number of amides is 1. The molecule has 1 fully saturated rings. The van der Waals surface area contributed by atoms with E-state index in [2.05, 4.69) is 10.4 Å². The normalized spacial score (nSPS) is 14.6. The smallest absolute Gasteiger partial charge is 0.416 e. The van der Waals surface area contributed by atoms with Crippen LogP contribution in [0.3, 0.4) is 0 Å². The maximum absolute atomic E-state index is 14.6. The Bertz CT molecular complexity index is 1290. The topological polar surface area (TPSA) is 84.2 Å². The van der Waals surface area contributed by atoms with E-state index in [4.69, 9.17) is 0 Å². The largest absolute Gasteiger partial charge is 0.478 e. The molecule has 1 aliphatic carbocycles. The zero-order chi connectivity index (χ0) is 24.8. The quantitative estimate of drug-likeness (QED) is 0.468. The summed E-state index contributed by atoms with van der Waals surface area (Å²) < 4.78 is 54.8. The van der Waals surface area contributed by atoms with Crippen molar-refractivity contribution in [2.24, 2.45) is 0 Å². The van der Waals surface area contributed by atoms with Gasteiger partial charge in [-0.1, -0.05) is 6.07 Å². The highest BCUT2D eigenvalue weighted by molar-refractivity contribution is 6.04. The third-order valence-electron chi connectivity index (χ3n) is 6.07. The van der Waals surface area contributed by atoms with E-state index in [1.165, 1.54) is 6.07 Å². The van der Waals surface area contributed by atoms with E-state index in [1.807, 2.05) is 6.92 Å². The lowest BCUT2D eigenvalue weighted by molar-refractivity contribution is -0.137. The van der Waals surface area contributed by atoms with Crippen molar-refractivity contribution in [3.63, 3.8) is 0 Å². The second-order valence-electron chi connectivity index (χ2n) is 8.33. The molecule has 1 amide bonds. The molecule has 34 heavy (non-hydrogen) atoms. The van der Waals surface area contributed by atoms with Crippen molar-refractivity contribution >= 4 is 17.6 Å². The fraction of sp³-hybridized carbons (Fsp3) is 0.292. The molecule has 1 aromatic heterocycles. The van der Waals surface area contributed by atoms with Gasteiger partial charge < -0.3 is 10.4 Å². The first-order valence-corrected chi connectivity index (χ1v) is 10.6. The number of nitrogens with zero attached hydrogens (tertiary/aromatic N) is 2. The molecule has 0 aliphatic heterocycles. The second kappa shape index (κ2) is 8.27. The van der Waals surface area contributed by atoms with Crippen molar-refractivity contribution in [1.29, 1.82) is 0 Å². The number of aromatic carboxylic acids is 1.